The maximum Gasteiger partial charge on any atom is 0.242 e. The number of hydrogen-bond acceptors (Lipinski definition) is 3. The predicted octanol–water partition coefficient (Wildman–Crippen LogP) is 2.78. The highest BCUT2D eigenvalue weighted by Crippen LogP contribution is 2.29. The summed E-state index contributed by atoms with van der Waals surface area (Å²) in [6.07, 6.45) is 7.16. The maximum absolute atomic E-state index is 12.8. The van der Waals surface area contributed by atoms with Crippen LogP contribution in [0.3, 0.4) is 0 Å². The van der Waals surface area contributed by atoms with E-state index in [1.165, 1.54) is 12.1 Å². The smallest absolute Gasteiger partial charge is 0.242 e. The molecule has 1 saturated carbocycles. The second-order valence-corrected chi connectivity index (χ2v) is 7.19. The monoisotopic (exact) mass is 315 g/mol. The minimum absolute atomic E-state index is 0.193. The van der Waals surface area contributed by atoms with Gasteiger partial charge in [0.25, 0.3) is 0 Å². The summed E-state index contributed by atoms with van der Waals surface area (Å²) < 4.78 is 0. The summed E-state index contributed by atoms with van der Waals surface area (Å²) >= 11 is 0. The van der Waals surface area contributed by atoms with Crippen LogP contribution in [-0.4, -0.2) is 42.5 Å². The SMILES string of the molecule is CN(c1ccccc1)C1CCN(C(=O)C2(N)CCCCC2)CC1. The largest absolute Gasteiger partial charge is 0.371 e. The summed E-state index contributed by atoms with van der Waals surface area (Å²) in [7, 11) is 2.16. The zero-order valence-corrected chi connectivity index (χ0v) is 14.2. The van der Waals surface area contributed by atoms with Crippen LogP contribution in [-0.2, 0) is 4.79 Å². The number of likely N-dealkylation sites (tertiary alicyclic amines) is 1. The molecule has 2 aliphatic rings. The molecule has 2 fully saturated rings. The molecule has 2 N–H and O–H groups in total. The van der Waals surface area contributed by atoms with Crippen molar-refractivity contribution in [2.75, 3.05) is 25.0 Å². The highest BCUT2D eigenvalue weighted by atomic mass is 16.2. The molecule has 4 heteroatoms. The first kappa shape index (κ1) is 16.3. The van der Waals surface area contributed by atoms with Crippen molar-refractivity contribution in [3.8, 4) is 0 Å². The molecule has 23 heavy (non-hydrogen) atoms. The van der Waals surface area contributed by atoms with Crippen LogP contribution in [0.5, 0.6) is 0 Å². The fourth-order valence-electron chi connectivity index (χ4n) is 4.04. The lowest BCUT2D eigenvalue weighted by Gasteiger charge is -2.42. The molecule has 1 aromatic carbocycles. The average Bonchev–Trinajstić information content (AvgIpc) is 2.62. The van der Waals surface area contributed by atoms with Crippen LogP contribution in [0.1, 0.15) is 44.9 Å². The molecule has 1 aliphatic carbocycles. The molecular weight excluding hydrogens is 286 g/mol. The second-order valence-electron chi connectivity index (χ2n) is 7.19. The first-order valence-corrected chi connectivity index (χ1v) is 8.96. The molecule has 1 amide bonds. The Hall–Kier alpha value is -1.55. The second kappa shape index (κ2) is 6.91. The van der Waals surface area contributed by atoms with Gasteiger partial charge >= 0.3 is 0 Å². The van der Waals surface area contributed by atoms with E-state index < -0.39 is 5.54 Å². The van der Waals surface area contributed by atoms with E-state index in [0.29, 0.717) is 6.04 Å². The first-order valence-electron chi connectivity index (χ1n) is 8.96. The molecule has 0 unspecified atom stereocenters. The van der Waals surface area contributed by atoms with Crippen molar-refractivity contribution in [3.63, 3.8) is 0 Å². The lowest BCUT2D eigenvalue weighted by Crippen LogP contribution is -2.58. The van der Waals surface area contributed by atoms with Gasteiger partial charge in [0, 0.05) is 31.9 Å². The third-order valence-electron chi connectivity index (χ3n) is 5.63. The number of piperidine rings is 1. The lowest BCUT2D eigenvalue weighted by molar-refractivity contribution is -0.139. The molecule has 1 aromatic rings. The fourth-order valence-corrected chi connectivity index (χ4v) is 4.04. The predicted molar refractivity (Wildman–Crippen MR) is 94.5 cm³/mol. The van der Waals surface area contributed by atoms with Gasteiger partial charge in [-0.3, -0.25) is 4.79 Å². The lowest BCUT2D eigenvalue weighted by atomic mass is 9.81. The van der Waals surface area contributed by atoms with Gasteiger partial charge in [0.05, 0.1) is 5.54 Å². The molecule has 1 heterocycles. The normalized spacial score (nSPS) is 21.9. The quantitative estimate of drug-likeness (QED) is 0.933. The van der Waals surface area contributed by atoms with Crippen LogP contribution in [0.25, 0.3) is 0 Å². The Morgan fingerprint density at radius 3 is 2.35 bits per heavy atom. The molecule has 0 aromatic heterocycles. The number of nitrogens with two attached hydrogens (primary N) is 1. The van der Waals surface area contributed by atoms with E-state index in [1.807, 2.05) is 11.0 Å². The Morgan fingerprint density at radius 1 is 1.13 bits per heavy atom. The number of rotatable bonds is 3. The topological polar surface area (TPSA) is 49.6 Å². The number of carbonyl (C=O) groups excluding carboxylic acids is 1. The Morgan fingerprint density at radius 2 is 1.74 bits per heavy atom. The number of hydrogen-bond donors (Lipinski definition) is 1. The summed E-state index contributed by atoms with van der Waals surface area (Å²) in [5, 5.41) is 0. The van der Waals surface area contributed by atoms with Crippen LogP contribution in [0.15, 0.2) is 30.3 Å². The minimum atomic E-state index is -0.587. The molecule has 0 bridgehead atoms. The molecule has 4 nitrogen and oxygen atoms in total. The van der Waals surface area contributed by atoms with Crippen molar-refractivity contribution in [3.05, 3.63) is 30.3 Å². The standard InChI is InChI=1S/C19H29N3O/c1-21(16-8-4-2-5-9-16)17-10-14-22(15-11-17)18(23)19(20)12-6-3-7-13-19/h2,4-5,8-9,17H,3,6-7,10-15,20H2,1H3. The van der Waals surface area contributed by atoms with Crippen molar-refractivity contribution in [2.45, 2.75) is 56.5 Å². The fraction of sp³-hybridized carbons (Fsp3) is 0.632. The summed E-state index contributed by atoms with van der Waals surface area (Å²) in [6.45, 7) is 1.67. The number of carbonyl (C=O) groups is 1. The van der Waals surface area contributed by atoms with Gasteiger partial charge in [-0.25, -0.2) is 0 Å². The molecule has 0 atom stereocenters. The summed E-state index contributed by atoms with van der Waals surface area (Å²) in [5.74, 6) is 0.193. The van der Waals surface area contributed by atoms with Gasteiger partial charge in [0.15, 0.2) is 0 Å². The molecule has 1 aliphatic heterocycles. The van der Waals surface area contributed by atoms with Gasteiger partial charge < -0.3 is 15.5 Å². The Labute approximate surface area is 139 Å². The summed E-state index contributed by atoms with van der Waals surface area (Å²) in [4.78, 5) is 17.2. The van der Waals surface area contributed by atoms with E-state index in [9.17, 15) is 4.79 Å². The highest BCUT2D eigenvalue weighted by Gasteiger charge is 2.39. The van der Waals surface area contributed by atoms with Gasteiger partial charge in [-0.05, 0) is 37.8 Å². The molecule has 126 valence electrons. The molecule has 1 saturated heterocycles. The van der Waals surface area contributed by atoms with Gasteiger partial charge in [-0.1, -0.05) is 37.5 Å². The van der Waals surface area contributed by atoms with Crippen molar-refractivity contribution in [2.24, 2.45) is 5.73 Å². The van der Waals surface area contributed by atoms with Gasteiger partial charge in [0.1, 0.15) is 0 Å². The maximum atomic E-state index is 12.8. The Kier molecular flexibility index (Phi) is 4.90. The molecular formula is C19H29N3O. The van der Waals surface area contributed by atoms with E-state index in [2.05, 4.69) is 36.2 Å². The van der Waals surface area contributed by atoms with Crippen molar-refractivity contribution >= 4 is 11.6 Å². The van der Waals surface area contributed by atoms with Gasteiger partial charge in [-0.15, -0.1) is 0 Å². The Bertz CT molecular complexity index is 517. The number of anilines is 1. The average molecular weight is 315 g/mol. The van der Waals surface area contributed by atoms with Gasteiger partial charge in [0.2, 0.25) is 5.91 Å². The van der Waals surface area contributed by atoms with Crippen LogP contribution >= 0.6 is 0 Å². The van der Waals surface area contributed by atoms with Crippen LogP contribution in [0, 0.1) is 0 Å². The summed E-state index contributed by atoms with van der Waals surface area (Å²) in [5.41, 5.74) is 7.08. The molecule has 0 spiro atoms. The van der Waals surface area contributed by atoms with Crippen molar-refractivity contribution < 1.29 is 4.79 Å². The summed E-state index contributed by atoms with van der Waals surface area (Å²) in [6, 6.07) is 11.0. The van der Waals surface area contributed by atoms with Crippen molar-refractivity contribution in [1.29, 1.82) is 0 Å². The van der Waals surface area contributed by atoms with E-state index >= 15 is 0 Å². The number of nitrogens with zero attached hydrogens (tertiary/aromatic N) is 2. The number of para-hydroxylation sites is 1. The van der Waals surface area contributed by atoms with Crippen LogP contribution in [0.2, 0.25) is 0 Å². The third kappa shape index (κ3) is 3.52. The van der Waals surface area contributed by atoms with E-state index in [0.717, 1.165) is 51.6 Å². The Balaban J connectivity index is 1.57. The van der Waals surface area contributed by atoms with Crippen LogP contribution in [0.4, 0.5) is 5.69 Å². The minimum Gasteiger partial charge on any atom is -0.371 e. The molecule has 0 radical (unpaired) electrons. The van der Waals surface area contributed by atoms with E-state index in [-0.39, 0.29) is 5.91 Å². The third-order valence-corrected chi connectivity index (χ3v) is 5.63. The molecule has 3 rings (SSSR count). The van der Waals surface area contributed by atoms with E-state index in [1.54, 1.807) is 0 Å². The highest BCUT2D eigenvalue weighted by molar-refractivity contribution is 5.86. The van der Waals surface area contributed by atoms with Gasteiger partial charge in [-0.2, -0.15) is 0 Å². The zero-order chi connectivity index (χ0) is 16.3. The first-order chi connectivity index (χ1) is 11.1. The van der Waals surface area contributed by atoms with Crippen LogP contribution < -0.4 is 10.6 Å². The zero-order valence-electron chi connectivity index (χ0n) is 14.2. The van der Waals surface area contributed by atoms with E-state index in [4.69, 9.17) is 5.73 Å². The number of amides is 1. The number of benzene rings is 1. The van der Waals surface area contributed by atoms with Crippen molar-refractivity contribution in [1.82, 2.24) is 4.90 Å².